The van der Waals surface area contributed by atoms with E-state index in [1.807, 2.05) is 0 Å². The minimum Gasteiger partial charge on any atom is -0.342 e. The van der Waals surface area contributed by atoms with E-state index in [2.05, 4.69) is 5.10 Å². The van der Waals surface area contributed by atoms with E-state index in [1.165, 1.54) is 34.1 Å². The summed E-state index contributed by atoms with van der Waals surface area (Å²) in [5.41, 5.74) is 0.269. The molecule has 0 aliphatic rings. The van der Waals surface area contributed by atoms with E-state index in [4.69, 9.17) is 0 Å². The van der Waals surface area contributed by atoms with E-state index in [0.29, 0.717) is 13.1 Å². The predicted octanol–water partition coefficient (Wildman–Crippen LogP) is 2.20. The van der Waals surface area contributed by atoms with E-state index >= 15 is 0 Å². The molecular weight excluding hydrogens is 311 g/mol. The monoisotopic (exact) mass is 328 g/mol. The van der Waals surface area contributed by atoms with Crippen molar-refractivity contribution in [1.82, 2.24) is 14.7 Å². The Morgan fingerprint density at radius 2 is 2.00 bits per heavy atom. The maximum Gasteiger partial charge on any atom is 0.247 e. The van der Waals surface area contributed by atoms with Gasteiger partial charge in [-0.25, -0.2) is 9.07 Å². The van der Waals surface area contributed by atoms with Crippen molar-refractivity contribution in [2.75, 3.05) is 13.1 Å². The summed E-state index contributed by atoms with van der Waals surface area (Å²) in [7, 11) is 0. The third-order valence-corrected chi connectivity index (χ3v) is 3.68. The molecule has 0 radical (unpaired) electrons. The molecule has 1 unspecified atom stereocenters. The fraction of sp³-hybridized carbons (Fsp3) is 0.294. The van der Waals surface area contributed by atoms with E-state index < -0.39 is 23.4 Å². The highest BCUT2D eigenvalue weighted by Gasteiger charge is 2.31. The van der Waals surface area contributed by atoms with Gasteiger partial charge in [-0.05, 0) is 26.0 Å². The third-order valence-electron chi connectivity index (χ3n) is 3.68. The molecule has 0 bridgehead atoms. The van der Waals surface area contributed by atoms with Crippen molar-refractivity contribution in [3.63, 3.8) is 0 Å². The van der Waals surface area contributed by atoms with Crippen LogP contribution in [0.5, 0.6) is 0 Å². The number of hydrogen-bond acceptors (Lipinski definition) is 4. The van der Waals surface area contributed by atoms with Gasteiger partial charge in [0.1, 0.15) is 11.5 Å². The average molecular weight is 328 g/mol. The Labute approximate surface area is 139 Å². The highest BCUT2D eigenvalue weighted by molar-refractivity contribution is 6.11. The van der Waals surface area contributed by atoms with Gasteiger partial charge in [-0.3, -0.25) is 9.59 Å². The van der Waals surface area contributed by atoms with Crippen molar-refractivity contribution in [3.8, 4) is 11.8 Å². The molecule has 0 aliphatic carbocycles. The second-order valence-electron chi connectivity index (χ2n) is 5.06. The highest BCUT2D eigenvalue weighted by Crippen LogP contribution is 2.16. The van der Waals surface area contributed by atoms with Gasteiger partial charge < -0.3 is 4.90 Å². The number of ketones is 1. The standard InChI is InChI=1S/C17H17FN4O2/c1-3-21(4-2)17(24)13(9-19)16(23)12-10-20-22(11-12)15-8-6-5-7-14(15)18/h5-8,10-11,13H,3-4H2,1-2H3. The number of aromatic nitrogens is 2. The Hall–Kier alpha value is -3.01. The summed E-state index contributed by atoms with van der Waals surface area (Å²) in [6.45, 7) is 4.37. The van der Waals surface area contributed by atoms with E-state index in [0.717, 1.165) is 0 Å². The molecule has 1 atom stereocenters. The Bertz CT molecular complexity index is 790. The number of rotatable bonds is 6. The first-order valence-corrected chi connectivity index (χ1v) is 7.55. The third kappa shape index (κ3) is 3.33. The van der Waals surface area contributed by atoms with Gasteiger partial charge in [0.25, 0.3) is 0 Å². The molecule has 0 spiro atoms. The lowest BCUT2D eigenvalue weighted by Crippen LogP contribution is -2.38. The molecule has 1 aromatic heterocycles. The highest BCUT2D eigenvalue weighted by atomic mass is 19.1. The molecule has 0 saturated carbocycles. The number of amides is 1. The van der Waals surface area contributed by atoms with Gasteiger partial charge in [-0.15, -0.1) is 0 Å². The number of nitrogens with zero attached hydrogens (tertiary/aromatic N) is 4. The molecule has 0 N–H and O–H groups in total. The molecule has 7 heteroatoms. The van der Waals surface area contributed by atoms with Crippen LogP contribution in [0.2, 0.25) is 0 Å². The topological polar surface area (TPSA) is 79.0 Å². The zero-order chi connectivity index (χ0) is 17.7. The minimum atomic E-state index is -1.43. The fourth-order valence-corrected chi connectivity index (χ4v) is 2.33. The summed E-state index contributed by atoms with van der Waals surface area (Å²) >= 11 is 0. The minimum absolute atomic E-state index is 0.0882. The van der Waals surface area contributed by atoms with E-state index in [-0.39, 0.29) is 11.3 Å². The van der Waals surface area contributed by atoms with Crippen LogP contribution in [0, 0.1) is 23.1 Å². The van der Waals surface area contributed by atoms with Crippen molar-refractivity contribution >= 4 is 11.7 Å². The molecule has 1 aromatic carbocycles. The van der Waals surface area contributed by atoms with Crippen LogP contribution < -0.4 is 0 Å². The molecule has 124 valence electrons. The van der Waals surface area contributed by atoms with Crippen LogP contribution in [0.15, 0.2) is 36.7 Å². The molecule has 0 aliphatic heterocycles. The maximum absolute atomic E-state index is 13.8. The second-order valence-corrected chi connectivity index (χ2v) is 5.06. The molecular formula is C17H17FN4O2. The van der Waals surface area contributed by atoms with Gasteiger partial charge >= 0.3 is 0 Å². The number of benzene rings is 1. The van der Waals surface area contributed by atoms with E-state index in [1.54, 1.807) is 32.0 Å². The van der Waals surface area contributed by atoms with Gasteiger partial charge in [-0.2, -0.15) is 10.4 Å². The van der Waals surface area contributed by atoms with E-state index in [9.17, 15) is 19.2 Å². The Kier molecular flexibility index (Phi) is 5.42. The maximum atomic E-state index is 13.8. The fourth-order valence-electron chi connectivity index (χ4n) is 2.33. The summed E-state index contributed by atoms with van der Waals surface area (Å²) < 4.78 is 15.0. The molecule has 6 nitrogen and oxygen atoms in total. The number of carbonyl (C=O) groups excluding carboxylic acids is 2. The van der Waals surface area contributed by atoms with Crippen molar-refractivity contribution in [3.05, 3.63) is 48.0 Å². The van der Waals surface area contributed by atoms with Crippen LogP contribution >= 0.6 is 0 Å². The van der Waals surface area contributed by atoms with Gasteiger partial charge in [0.15, 0.2) is 11.7 Å². The number of Topliss-reactive ketones (excluding diaryl/α,β-unsaturated/α-hetero) is 1. The quantitative estimate of drug-likeness (QED) is 0.601. The molecule has 2 rings (SSSR count). The molecule has 0 fully saturated rings. The molecule has 24 heavy (non-hydrogen) atoms. The predicted molar refractivity (Wildman–Crippen MR) is 84.9 cm³/mol. The zero-order valence-corrected chi connectivity index (χ0v) is 13.4. The normalized spacial score (nSPS) is 11.6. The smallest absolute Gasteiger partial charge is 0.247 e. The largest absolute Gasteiger partial charge is 0.342 e. The first-order valence-electron chi connectivity index (χ1n) is 7.55. The van der Waals surface area contributed by atoms with Crippen LogP contribution in [0.4, 0.5) is 4.39 Å². The summed E-state index contributed by atoms with van der Waals surface area (Å²) in [6.07, 6.45) is 2.55. The number of hydrogen-bond donors (Lipinski definition) is 0. The second kappa shape index (κ2) is 7.51. The Morgan fingerprint density at radius 1 is 1.33 bits per heavy atom. The summed E-state index contributed by atoms with van der Waals surface area (Å²) in [4.78, 5) is 26.2. The SMILES string of the molecule is CCN(CC)C(=O)C(C#N)C(=O)c1cnn(-c2ccccc2F)c1. The number of nitriles is 1. The number of para-hydroxylation sites is 1. The van der Waals surface area contributed by atoms with Crippen molar-refractivity contribution in [2.45, 2.75) is 13.8 Å². The summed E-state index contributed by atoms with van der Waals surface area (Å²) in [5, 5.41) is 13.2. The van der Waals surface area contributed by atoms with Gasteiger partial charge in [0.05, 0.1) is 17.8 Å². The number of carbonyl (C=O) groups is 2. The van der Waals surface area contributed by atoms with Gasteiger partial charge in [0.2, 0.25) is 5.91 Å². The van der Waals surface area contributed by atoms with Crippen LogP contribution in [0.3, 0.4) is 0 Å². The van der Waals surface area contributed by atoms with Crippen LogP contribution in [0.25, 0.3) is 5.69 Å². The van der Waals surface area contributed by atoms with Crippen molar-refractivity contribution in [2.24, 2.45) is 5.92 Å². The summed E-state index contributed by atoms with van der Waals surface area (Å²) in [5.74, 6) is -3.10. The molecule has 1 heterocycles. The molecule has 2 aromatic rings. The summed E-state index contributed by atoms with van der Waals surface area (Å²) in [6, 6.07) is 7.74. The van der Waals surface area contributed by atoms with Crippen molar-refractivity contribution in [1.29, 1.82) is 5.26 Å². The van der Waals surface area contributed by atoms with Gasteiger partial charge in [0, 0.05) is 19.3 Å². The van der Waals surface area contributed by atoms with Crippen LogP contribution in [-0.2, 0) is 4.79 Å². The Balaban J connectivity index is 2.29. The number of halogens is 1. The lowest BCUT2D eigenvalue weighted by atomic mass is 10.00. The van der Waals surface area contributed by atoms with Crippen LogP contribution in [0.1, 0.15) is 24.2 Å². The molecule has 1 amide bonds. The lowest BCUT2D eigenvalue weighted by molar-refractivity contribution is -0.132. The molecule has 0 saturated heterocycles. The first-order chi connectivity index (χ1) is 11.5. The zero-order valence-electron chi connectivity index (χ0n) is 13.4. The first kappa shape index (κ1) is 17.3. The van der Waals surface area contributed by atoms with Crippen molar-refractivity contribution < 1.29 is 14.0 Å². The van der Waals surface area contributed by atoms with Crippen LogP contribution in [-0.4, -0.2) is 39.5 Å². The Morgan fingerprint density at radius 3 is 2.58 bits per heavy atom. The van der Waals surface area contributed by atoms with Gasteiger partial charge in [-0.1, -0.05) is 12.1 Å². The lowest BCUT2D eigenvalue weighted by Gasteiger charge is -2.20. The average Bonchev–Trinajstić information content (AvgIpc) is 3.06.